The second-order valence-corrected chi connectivity index (χ2v) is 5.40. The summed E-state index contributed by atoms with van der Waals surface area (Å²) < 4.78 is 27.8. The lowest BCUT2D eigenvalue weighted by Crippen LogP contribution is -2.15. The quantitative estimate of drug-likeness (QED) is 0.837. The molecule has 2 rings (SSSR count). The first-order valence-electron chi connectivity index (χ1n) is 5.93. The molecule has 0 saturated heterocycles. The molecule has 0 aliphatic carbocycles. The van der Waals surface area contributed by atoms with Crippen molar-refractivity contribution < 1.29 is 8.78 Å². The van der Waals surface area contributed by atoms with E-state index in [9.17, 15) is 8.78 Å². The highest BCUT2D eigenvalue weighted by Crippen LogP contribution is 2.25. The van der Waals surface area contributed by atoms with Gasteiger partial charge in [0.25, 0.3) is 0 Å². The zero-order chi connectivity index (χ0) is 14.0. The van der Waals surface area contributed by atoms with Crippen LogP contribution < -0.4 is 5.73 Å². The molecule has 0 aromatic heterocycles. The van der Waals surface area contributed by atoms with Crippen molar-refractivity contribution in [1.29, 1.82) is 0 Å². The minimum absolute atomic E-state index is 0.0170. The molecule has 0 bridgehead atoms. The Morgan fingerprint density at radius 1 is 1.21 bits per heavy atom. The van der Waals surface area contributed by atoms with E-state index in [0.717, 1.165) is 11.1 Å². The maximum absolute atomic E-state index is 13.9. The van der Waals surface area contributed by atoms with E-state index in [4.69, 9.17) is 5.73 Å². The first-order valence-corrected chi connectivity index (χ1v) is 6.73. The minimum atomic E-state index is -0.580. The van der Waals surface area contributed by atoms with Crippen molar-refractivity contribution in [3.8, 4) is 0 Å². The van der Waals surface area contributed by atoms with Crippen molar-refractivity contribution in [1.82, 2.24) is 0 Å². The Kier molecular flexibility index (Phi) is 4.32. The van der Waals surface area contributed by atoms with Crippen molar-refractivity contribution in [2.75, 3.05) is 0 Å². The van der Waals surface area contributed by atoms with E-state index in [-0.39, 0.29) is 16.5 Å². The molecule has 2 N–H and O–H groups in total. The van der Waals surface area contributed by atoms with Gasteiger partial charge in [0, 0.05) is 11.6 Å². The summed E-state index contributed by atoms with van der Waals surface area (Å²) in [5, 5.41) is 0. The summed E-state index contributed by atoms with van der Waals surface area (Å²) in [4.78, 5) is 0. The Hall–Kier alpha value is -1.26. The fraction of sp³-hybridized carbons (Fsp3) is 0.200. The molecule has 0 radical (unpaired) electrons. The predicted molar refractivity (Wildman–Crippen MR) is 75.9 cm³/mol. The van der Waals surface area contributed by atoms with Crippen LogP contribution in [0.5, 0.6) is 0 Å². The summed E-state index contributed by atoms with van der Waals surface area (Å²) >= 11 is 3.06. The lowest BCUT2D eigenvalue weighted by molar-refractivity contribution is 0.536. The van der Waals surface area contributed by atoms with Crippen LogP contribution in [0.1, 0.15) is 22.7 Å². The largest absolute Gasteiger partial charge is 0.324 e. The van der Waals surface area contributed by atoms with E-state index in [1.165, 1.54) is 12.1 Å². The lowest BCUT2D eigenvalue weighted by atomic mass is 9.98. The number of hydrogen-bond donors (Lipinski definition) is 1. The molecule has 0 saturated carbocycles. The second-order valence-electron chi connectivity index (χ2n) is 4.55. The third kappa shape index (κ3) is 3.19. The summed E-state index contributed by atoms with van der Waals surface area (Å²) in [7, 11) is 0. The van der Waals surface area contributed by atoms with Crippen LogP contribution in [0.3, 0.4) is 0 Å². The maximum Gasteiger partial charge on any atom is 0.143 e. The first-order chi connectivity index (χ1) is 8.99. The summed E-state index contributed by atoms with van der Waals surface area (Å²) in [6.45, 7) is 1.95. The van der Waals surface area contributed by atoms with Gasteiger partial charge in [-0.15, -0.1) is 0 Å². The molecule has 1 atom stereocenters. The number of nitrogens with two attached hydrogens (primary N) is 1. The fourth-order valence-corrected chi connectivity index (χ4v) is 2.37. The van der Waals surface area contributed by atoms with Crippen LogP contribution in [-0.4, -0.2) is 0 Å². The van der Waals surface area contributed by atoms with Gasteiger partial charge in [0.15, 0.2) is 0 Å². The number of rotatable bonds is 3. The van der Waals surface area contributed by atoms with E-state index in [1.54, 1.807) is 0 Å². The summed E-state index contributed by atoms with van der Waals surface area (Å²) in [6.07, 6.45) is 0.126. The zero-order valence-corrected chi connectivity index (χ0v) is 12.0. The van der Waals surface area contributed by atoms with Crippen LogP contribution in [0.2, 0.25) is 0 Å². The van der Waals surface area contributed by atoms with Gasteiger partial charge >= 0.3 is 0 Å². The van der Waals surface area contributed by atoms with E-state index >= 15 is 0 Å². The summed E-state index contributed by atoms with van der Waals surface area (Å²) in [5.41, 5.74) is 8.00. The molecule has 2 aromatic rings. The molecule has 0 aliphatic rings. The SMILES string of the molecule is Cc1cccc(C(N)Cc2c(F)ccc(Br)c2F)c1. The average Bonchev–Trinajstić information content (AvgIpc) is 2.39. The molecule has 2 aromatic carbocycles. The topological polar surface area (TPSA) is 26.0 Å². The van der Waals surface area contributed by atoms with E-state index < -0.39 is 17.7 Å². The van der Waals surface area contributed by atoms with E-state index in [0.29, 0.717) is 0 Å². The van der Waals surface area contributed by atoms with Gasteiger partial charge in [0.1, 0.15) is 11.6 Å². The second kappa shape index (κ2) is 5.80. The van der Waals surface area contributed by atoms with Crippen LogP contribution in [-0.2, 0) is 6.42 Å². The molecule has 0 spiro atoms. The van der Waals surface area contributed by atoms with Crippen LogP contribution in [0.4, 0.5) is 8.78 Å². The normalized spacial score (nSPS) is 12.5. The van der Waals surface area contributed by atoms with Gasteiger partial charge in [-0.1, -0.05) is 29.8 Å². The molecular formula is C15H14BrF2N. The van der Waals surface area contributed by atoms with Crippen LogP contribution >= 0.6 is 15.9 Å². The van der Waals surface area contributed by atoms with Gasteiger partial charge in [-0.25, -0.2) is 8.78 Å². The van der Waals surface area contributed by atoms with Crippen molar-refractivity contribution in [3.05, 3.63) is 69.2 Å². The van der Waals surface area contributed by atoms with Crippen LogP contribution in [0, 0.1) is 18.6 Å². The maximum atomic E-state index is 13.9. The van der Waals surface area contributed by atoms with Gasteiger partial charge in [-0.2, -0.15) is 0 Å². The average molecular weight is 326 g/mol. The monoisotopic (exact) mass is 325 g/mol. The Bertz CT molecular complexity index is 599. The summed E-state index contributed by atoms with van der Waals surface area (Å²) in [5.74, 6) is -1.15. The lowest BCUT2D eigenvalue weighted by Gasteiger charge is -2.14. The van der Waals surface area contributed by atoms with E-state index in [2.05, 4.69) is 15.9 Å². The van der Waals surface area contributed by atoms with E-state index in [1.807, 2.05) is 31.2 Å². The first kappa shape index (κ1) is 14.2. The predicted octanol–water partition coefficient (Wildman–Crippen LogP) is 4.28. The Labute approximate surface area is 119 Å². The summed E-state index contributed by atoms with van der Waals surface area (Å²) in [6, 6.07) is 9.80. The third-order valence-electron chi connectivity index (χ3n) is 3.03. The number of hydrogen-bond acceptors (Lipinski definition) is 1. The molecule has 0 fully saturated rings. The minimum Gasteiger partial charge on any atom is -0.324 e. The van der Waals surface area contributed by atoms with Crippen molar-refractivity contribution in [3.63, 3.8) is 0 Å². The molecule has 1 unspecified atom stereocenters. The van der Waals surface area contributed by atoms with Crippen LogP contribution in [0.15, 0.2) is 40.9 Å². The van der Waals surface area contributed by atoms with Crippen molar-refractivity contribution in [2.24, 2.45) is 5.73 Å². The molecule has 1 nitrogen and oxygen atoms in total. The Balaban J connectivity index is 2.29. The fourth-order valence-electron chi connectivity index (χ4n) is 1.99. The third-order valence-corrected chi connectivity index (χ3v) is 3.65. The van der Waals surface area contributed by atoms with Gasteiger partial charge in [-0.3, -0.25) is 0 Å². The number of benzene rings is 2. The smallest absolute Gasteiger partial charge is 0.143 e. The molecule has 0 amide bonds. The number of halogens is 3. The molecule has 4 heteroatoms. The van der Waals surface area contributed by atoms with Gasteiger partial charge in [0.2, 0.25) is 0 Å². The Morgan fingerprint density at radius 3 is 2.63 bits per heavy atom. The van der Waals surface area contributed by atoms with Gasteiger partial charge < -0.3 is 5.73 Å². The van der Waals surface area contributed by atoms with Gasteiger partial charge in [-0.05, 0) is 47.0 Å². The van der Waals surface area contributed by atoms with Gasteiger partial charge in [0.05, 0.1) is 4.47 Å². The standard InChI is InChI=1S/C15H14BrF2N/c1-9-3-2-4-10(7-9)14(19)8-11-13(17)6-5-12(16)15(11)18/h2-7,14H,8,19H2,1H3. The molecule has 0 heterocycles. The number of aryl methyl sites for hydroxylation is 1. The van der Waals surface area contributed by atoms with Crippen LogP contribution in [0.25, 0.3) is 0 Å². The van der Waals surface area contributed by atoms with Crippen molar-refractivity contribution >= 4 is 15.9 Å². The Morgan fingerprint density at radius 2 is 1.95 bits per heavy atom. The highest BCUT2D eigenvalue weighted by Gasteiger charge is 2.16. The van der Waals surface area contributed by atoms with Crippen molar-refractivity contribution in [2.45, 2.75) is 19.4 Å². The zero-order valence-electron chi connectivity index (χ0n) is 10.5. The highest BCUT2D eigenvalue weighted by molar-refractivity contribution is 9.10. The molecular weight excluding hydrogens is 312 g/mol. The molecule has 100 valence electrons. The molecule has 19 heavy (non-hydrogen) atoms. The molecule has 0 aliphatic heterocycles. The highest BCUT2D eigenvalue weighted by atomic mass is 79.9.